The first kappa shape index (κ1) is 14.1. The SMILES string of the molecule is CC(Nc1cccc(OC(F)F)c1)c1csc(Cl)c1. The molecule has 2 rings (SSSR count). The molecule has 1 unspecified atom stereocenters. The van der Waals surface area contributed by atoms with Crippen molar-refractivity contribution in [2.75, 3.05) is 5.32 Å². The Hall–Kier alpha value is -1.33. The van der Waals surface area contributed by atoms with Crippen LogP contribution in [0.3, 0.4) is 0 Å². The lowest BCUT2D eigenvalue weighted by Gasteiger charge is -2.15. The number of nitrogens with one attached hydrogen (secondary N) is 1. The zero-order valence-electron chi connectivity index (χ0n) is 10.1. The smallest absolute Gasteiger partial charge is 0.387 e. The van der Waals surface area contributed by atoms with Gasteiger partial charge < -0.3 is 10.1 Å². The molecule has 0 saturated carbocycles. The van der Waals surface area contributed by atoms with E-state index < -0.39 is 6.61 Å². The maximum absolute atomic E-state index is 12.1. The predicted molar refractivity (Wildman–Crippen MR) is 74.4 cm³/mol. The van der Waals surface area contributed by atoms with Crippen molar-refractivity contribution in [2.45, 2.75) is 19.6 Å². The van der Waals surface area contributed by atoms with Crippen LogP contribution in [-0.2, 0) is 0 Å². The van der Waals surface area contributed by atoms with Crippen molar-refractivity contribution in [3.63, 3.8) is 0 Å². The second kappa shape index (κ2) is 6.21. The molecule has 0 radical (unpaired) electrons. The van der Waals surface area contributed by atoms with Gasteiger partial charge in [-0.25, -0.2) is 0 Å². The molecule has 0 amide bonds. The lowest BCUT2D eigenvalue weighted by atomic mass is 10.1. The molecule has 2 aromatic rings. The Morgan fingerprint density at radius 2 is 2.11 bits per heavy atom. The van der Waals surface area contributed by atoms with Gasteiger partial charge in [-0.15, -0.1) is 11.3 Å². The summed E-state index contributed by atoms with van der Waals surface area (Å²) in [6, 6.07) is 8.39. The molecule has 1 aromatic carbocycles. The number of alkyl halides is 2. The van der Waals surface area contributed by atoms with Gasteiger partial charge in [-0.05, 0) is 36.1 Å². The van der Waals surface area contributed by atoms with Gasteiger partial charge in [0.25, 0.3) is 0 Å². The molecular formula is C13H12ClF2NOS. The highest BCUT2D eigenvalue weighted by molar-refractivity contribution is 7.14. The summed E-state index contributed by atoms with van der Waals surface area (Å²) in [6.07, 6.45) is 0. The standard InChI is InChI=1S/C13H12ClF2NOS/c1-8(9-5-12(14)19-7-9)17-10-3-2-4-11(6-10)18-13(15)16/h2-8,13,17H,1H3. The second-order valence-corrected chi connectivity index (χ2v) is 5.50. The molecule has 0 aliphatic heterocycles. The zero-order chi connectivity index (χ0) is 13.8. The molecule has 0 aliphatic rings. The van der Waals surface area contributed by atoms with Crippen LogP contribution in [-0.4, -0.2) is 6.61 Å². The van der Waals surface area contributed by atoms with Crippen molar-refractivity contribution in [1.29, 1.82) is 0 Å². The highest BCUT2D eigenvalue weighted by atomic mass is 35.5. The van der Waals surface area contributed by atoms with Crippen molar-refractivity contribution in [2.24, 2.45) is 0 Å². The third-order valence-electron chi connectivity index (χ3n) is 2.53. The van der Waals surface area contributed by atoms with E-state index in [2.05, 4.69) is 10.1 Å². The third kappa shape index (κ3) is 4.08. The summed E-state index contributed by atoms with van der Waals surface area (Å²) in [5.74, 6) is 0.135. The van der Waals surface area contributed by atoms with Gasteiger partial charge in [0.1, 0.15) is 5.75 Å². The summed E-state index contributed by atoms with van der Waals surface area (Å²) in [5.41, 5.74) is 1.77. The molecule has 2 nitrogen and oxygen atoms in total. The van der Waals surface area contributed by atoms with Crippen LogP contribution >= 0.6 is 22.9 Å². The molecular weight excluding hydrogens is 292 g/mol. The number of thiophene rings is 1. The third-order valence-corrected chi connectivity index (χ3v) is 3.64. The molecule has 0 aliphatic carbocycles. The van der Waals surface area contributed by atoms with Crippen LogP contribution in [0, 0.1) is 0 Å². The lowest BCUT2D eigenvalue weighted by molar-refractivity contribution is -0.0498. The van der Waals surface area contributed by atoms with E-state index in [9.17, 15) is 8.78 Å². The molecule has 1 heterocycles. The van der Waals surface area contributed by atoms with E-state index in [1.165, 1.54) is 23.5 Å². The van der Waals surface area contributed by atoms with Gasteiger partial charge in [-0.1, -0.05) is 17.7 Å². The Bertz CT molecular complexity index is 547. The zero-order valence-corrected chi connectivity index (χ0v) is 11.6. The van der Waals surface area contributed by atoms with Crippen LogP contribution in [0.1, 0.15) is 18.5 Å². The van der Waals surface area contributed by atoms with Gasteiger partial charge in [0.2, 0.25) is 0 Å². The summed E-state index contributed by atoms with van der Waals surface area (Å²) in [6.45, 7) is -0.845. The summed E-state index contributed by atoms with van der Waals surface area (Å²) >= 11 is 7.33. The van der Waals surface area contributed by atoms with Crippen LogP contribution in [0.4, 0.5) is 14.5 Å². The molecule has 1 N–H and O–H groups in total. The molecule has 102 valence electrons. The van der Waals surface area contributed by atoms with E-state index in [0.717, 1.165) is 9.90 Å². The average Bonchev–Trinajstić information content (AvgIpc) is 2.75. The summed E-state index contributed by atoms with van der Waals surface area (Å²) in [7, 11) is 0. The number of halogens is 3. The van der Waals surface area contributed by atoms with Crippen molar-refractivity contribution >= 4 is 28.6 Å². The molecule has 1 atom stereocenters. The van der Waals surface area contributed by atoms with E-state index in [0.29, 0.717) is 5.69 Å². The van der Waals surface area contributed by atoms with E-state index in [1.54, 1.807) is 12.1 Å². The molecule has 19 heavy (non-hydrogen) atoms. The fraction of sp³-hybridized carbons (Fsp3) is 0.231. The quantitative estimate of drug-likeness (QED) is 0.822. The van der Waals surface area contributed by atoms with Crippen molar-refractivity contribution < 1.29 is 13.5 Å². The van der Waals surface area contributed by atoms with Crippen LogP contribution < -0.4 is 10.1 Å². The minimum absolute atomic E-state index is 0.0329. The summed E-state index contributed by atoms with van der Waals surface area (Å²) in [4.78, 5) is 0. The fourth-order valence-electron chi connectivity index (χ4n) is 1.65. The number of benzene rings is 1. The highest BCUT2D eigenvalue weighted by Crippen LogP contribution is 2.28. The maximum Gasteiger partial charge on any atom is 0.387 e. The van der Waals surface area contributed by atoms with Crippen LogP contribution in [0.15, 0.2) is 35.7 Å². The van der Waals surface area contributed by atoms with Gasteiger partial charge in [0, 0.05) is 17.8 Å². The van der Waals surface area contributed by atoms with E-state index >= 15 is 0 Å². The first-order valence-electron chi connectivity index (χ1n) is 5.60. The van der Waals surface area contributed by atoms with Gasteiger partial charge in [0.15, 0.2) is 0 Å². The van der Waals surface area contributed by atoms with Crippen LogP contribution in [0.25, 0.3) is 0 Å². The lowest BCUT2D eigenvalue weighted by Crippen LogP contribution is -2.06. The first-order chi connectivity index (χ1) is 9.04. The summed E-state index contributed by atoms with van der Waals surface area (Å²) in [5, 5.41) is 5.17. The normalized spacial score (nSPS) is 12.5. The Balaban J connectivity index is 2.06. The van der Waals surface area contributed by atoms with Crippen LogP contribution in [0.5, 0.6) is 5.75 Å². The topological polar surface area (TPSA) is 21.3 Å². The number of hydrogen-bond acceptors (Lipinski definition) is 3. The van der Waals surface area contributed by atoms with E-state index in [-0.39, 0.29) is 11.8 Å². The number of hydrogen-bond donors (Lipinski definition) is 1. The number of ether oxygens (including phenoxy) is 1. The molecule has 1 aromatic heterocycles. The van der Waals surface area contributed by atoms with Crippen molar-refractivity contribution in [1.82, 2.24) is 0 Å². The Kier molecular flexibility index (Phi) is 4.61. The Morgan fingerprint density at radius 3 is 2.74 bits per heavy atom. The largest absolute Gasteiger partial charge is 0.435 e. The average molecular weight is 304 g/mol. The molecule has 0 fully saturated rings. The van der Waals surface area contributed by atoms with Crippen molar-refractivity contribution in [3.05, 3.63) is 45.6 Å². The predicted octanol–water partition coefficient (Wildman–Crippen LogP) is 5.18. The fourth-order valence-corrected chi connectivity index (χ4v) is 2.63. The molecule has 6 heteroatoms. The van der Waals surface area contributed by atoms with E-state index in [4.69, 9.17) is 11.6 Å². The molecule has 0 spiro atoms. The van der Waals surface area contributed by atoms with Crippen LogP contribution in [0.2, 0.25) is 4.34 Å². The van der Waals surface area contributed by atoms with Gasteiger partial charge in [-0.3, -0.25) is 0 Å². The molecule has 0 saturated heterocycles. The van der Waals surface area contributed by atoms with E-state index in [1.807, 2.05) is 18.4 Å². The minimum Gasteiger partial charge on any atom is -0.435 e. The van der Waals surface area contributed by atoms with Gasteiger partial charge in [-0.2, -0.15) is 8.78 Å². The van der Waals surface area contributed by atoms with Gasteiger partial charge in [0.05, 0.1) is 4.34 Å². The van der Waals surface area contributed by atoms with Gasteiger partial charge >= 0.3 is 6.61 Å². The Labute approximate surface area is 119 Å². The second-order valence-electron chi connectivity index (χ2n) is 3.96. The minimum atomic E-state index is -2.82. The highest BCUT2D eigenvalue weighted by Gasteiger charge is 2.09. The van der Waals surface area contributed by atoms with Crippen molar-refractivity contribution in [3.8, 4) is 5.75 Å². The Morgan fingerprint density at radius 1 is 1.32 bits per heavy atom. The summed E-state index contributed by atoms with van der Waals surface area (Å²) < 4.78 is 29.3. The number of rotatable bonds is 5. The maximum atomic E-state index is 12.1. The molecule has 0 bridgehead atoms. The number of anilines is 1. The monoisotopic (exact) mass is 303 g/mol. The first-order valence-corrected chi connectivity index (χ1v) is 6.85.